The Morgan fingerprint density at radius 2 is 1.86 bits per heavy atom. The number of carbonyl (C=O) groups is 1. The van der Waals surface area contributed by atoms with Gasteiger partial charge in [0.15, 0.2) is 0 Å². The van der Waals surface area contributed by atoms with Crippen molar-refractivity contribution in [2.75, 3.05) is 5.32 Å². The molecule has 0 aromatic heterocycles. The maximum Gasteiger partial charge on any atom is 0.221 e. The van der Waals surface area contributed by atoms with Crippen LogP contribution in [0.15, 0.2) is 29.4 Å². The standard InChI is InChI=1S/C10H12N2O2/c1-7(12-14)9-3-5-10(6-4-9)11-8(2)13/h3-6,14H,1-2H3,(H,11,13). The lowest BCUT2D eigenvalue weighted by Crippen LogP contribution is -2.05. The molecule has 0 aliphatic rings. The summed E-state index contributed by atoms with van der Waals surface area (Å²) in [5.41, 5.74) is 2.09. The van der Waals surface area contributed by atoms with Gasteiger partial charge in [-0.2, -0.15) is 0 Å². The molecule has 1 aromatic carbocycles. The van der Waals surface area contributed by atoms with Crippen LogP contribution in [-0.4, -0.2) is 16.8 Å². The van der Waals surface area contributed by atoms with Crippen molar-refractivity contribution >= 4 is 17.3 Å². The van der Waals surface area contributed by atoms with Crippen molar-refractivity contribution in [1.82, 2.24) is 0 Å². The Hall–Kier alpha value is -1.84. The van der Waals surface area contributed by atoms with Gasteiger partial charge in [-0.15, -0.1) is 0 Å². The van der Waals surface area contributed by atoms with Crippen molar-refractivity contribution < 1.29 is 10.0 Å². The van der Waals surface area contributed by atoms with E-state index >= 15 is 0 Å². The smallest absolute Gasteiger partial charge is 0.221 e. The number of oxime groups is 1. The summed E-state index contributed by atoms with van der Waals surface area (Å²) in [6.45, 7) is 3.15. The van der Waals surface area contributed by atoms with Crippen molar-refractivity contribution in [3.05, 3.63) is 29.8 Å². The normalized spacial score (nSPS) is 11.1. The lowest BCUT2D eigenvalue weighted by molar-refractivity contribution is -0.114. The third kappa shape index (κ3) is 2.58. The number of hydrogen-bond donors (Lipinski definition) is 2. The predicted molar refractivity (Wildman–Crippen MR) is 54.7 cm³/mol. The number of rotatable bonds is 2. The molecule has 1 aromatic rings. The summed E-state index contributed by atoms with van der Waals surface area (Å²) >= 11 is 0. The molecule has 1 amide bonds. The number of carbonyl (C=O) groups excluding carboxylic acids is 1. The highest BCUT2D eigenvalue weighted by Gasteiger charge is 1.98. The quantitative estimate of drug-likeness (QED) is 0.426. The molecule has 0 bridgehead atoms. The van der Waals surface area contributed by atoms with Gasteiger partial charge in [-0.3, -0.25) is 4.79 Å². The monoisotopic (exact) mass is 192 g/mol. The molecular formula is C10H12N2O2. The van der Waals surface area contributed by atoms with E-state index in [2.05, 4.69) is 10.5 Å². The number of nitrogens with one attached hydrogen (secondary N) is 1. The highest BCUT2D eigenvalue weighted by atomic mass is 16.4. The van der Waals surface area contributed by atoms with E-state index in [1.165, 1.54) is 6.92 Å². The maximum atomic E-state index is 10.7. The van der Waals surface area contributed by atoms with Gasteiger partial charge < -0.3 is 10.5 Å². The highest BCUT2D eigenvalue weighted by molar-refractivity contribution is 5.98. The molecule has 4 heteroatoms. The fourth-order valence-electron chi connectivity index (χ4n) is 1.06. The summed E-state index contributed by atoms with van der Waals surface area (Å²) in [6, 6.07) is 7.07. The molecule has 4 nitrogen and oxygen atoms in total. The molecule has 0 radical (unpaired) electrons. The summed E-state index contributed by atoms with van der Waals surface area (Å²) in [5.74, 6) is -0.106. The molecule has 0 saturated heterocycles. The molecule has 0 heterocycles. The Balaban J connectivity index is 2.83. The first-order valence-electron chi connectivity index (χ1n) is 4.20. The molecule has 0 saturated carbocycles. The maximum absolute atomic E-state index is 10.7. The van der Waals surface area contributed by atoms with E-state index in [1.54, 1.807) is 31.2 Å². The van der Waals surface area contributed by atoms with Gasteiger partial charge in [-0.05, 0) is 24.6 Å². The van der Waals surface area contributed by atoms with E-state index in [9.17, 15) is 4.79 Å². The Labute approximate surface area is 82.2 Å². The summed E-state index contributed by atoms with van der Waals surface area (Å²) in [6.07, 6.45) is 0. The molecule has 74 valence electrons. The molecule has 0 aliphatic carbocycles. The minimum Gasteiger partial charge on any atom is -0.411 e. The molecular weight excluding hydrogens is 180 g/mol. The van der Waals surface area contributed by atoms with Crippen molar-refractivity contribution in [1.29, 1.82) is 0 Å². The number of amides is 1. The number of hydrogen-bond acceptors (Lipinski definition) is 3. The fraction of sp³-hybridized carbons (Fsp3) is 0.200. The van der Waals surface area contributed by atoms with E-state index in [4.69, 9.17) is 5.21 Å². The summed E-state index contributed by atoms with van der Waals surface area (Å²) in [5, 5.41) is 14.2. The average Bonchev–Trinajstić information content (AvgIpc) is 2.17. The van der Waals surface area contributed by atoms with Crippen LogP contribution in [0.4, 0.5) is 5.69 Å². The van der Waals surface area contributed by atoms with Crippen molar-refractivity contribution in [3.63, 3.8) is 0 Å². The third-order valence-corrected chi connectivity index (χ3v) is 1.77. The molecule has 0 unspecified atom stereocenters. The summed E-state index contributed by atoms with van der Waals surface area (Å²) in [4.78, 5) is 10.7. The van der Waals surface area contributed by atoms with E-state index < -0.39 is 0 Å². The zero-order valence-electron chi connectivity index (χ0n) is 8.11. The third-order valence-electron chi connectivity index (χ3n) is 1.77. The average molecular weight is 192 g/mol. The van der Waals surface area contributed by atoms with E-state index in [0.29, 0.717) is 5.71 Å². The first-order chi connectivity index (χ1) is 6.63. The van der Waals surface area contributed by atoms with Crippen LogP contribution in [0.2, 0.25) is 0 Å². The minimum absolute atomic E-state index is 0.106. The lowest BCUT2D eigenvalue weighted by atomic mass is 10.1. The molecule has 14 heavy (non-hydrogen) atoms. The second-order valence-corrected chi connectivity index (χ2v) is 2.94. The summed E-state index contributed by atoms with van der Waals surface area (Å²) < 4.78 is 0. The topological polar surface area (TPSA) is 61.7 Å². The number of benzene rings is 1. The molecule has 1 rings (SSSR count). The summed E-state index contributed by atoms with van der Waals surface area (Å²) in [7, 11) is 0. The van der Waals surface area contributed by atoms with Crippen LogP contribution in [0.1, 0.15) is 19.4 Å². The first-order valence-corrected chi connectivity index (χ1v) is 4.20. The second kappa shape index (κ2) is 4.41. The predicted octanol–water partition coefficient (Wildman–Crippen LogP) is 1.84. The van der Waals surface area contributed by atoms with Gasteiger partial charge in [0.25, 0.3) is 0 Å². The molecule has 0 spiro atoms. The Morgan fingerprint density at radius 1 is 1.29 bits per heavy atom. The Morgan fingerprint density at radius 3 is 2.29 bits per heavy atom. The lowest BCUT2D eigenvalue weighted by Gasteiger charge is -2.02. The van der Waals surface area contributed by atoms with Crippen LogP contribution in [-0.2, 0) is 4.79 Å². The molecule has 0 aliphatic heterocycles. The van der Waals surface area contributed by atoms with Gasteiger partial charge in [-0.1, -0.05) is 17.3 Å². The van der Waals surface area contributed by atoms with Crippen LogP contribution in [0.3, 0.4) is 0 Å². The van der Waals surface area contributed by atoms with Crippen LogP contribution >= 0.6 is 0 Å². The van der Waals surface area contributed by atoms with Gasteiger partial charge in [0, 0.05) is 12.6 Å². The van der Waals surface area contributed by atoms with Crippen molar-refractivity contribution in [2.24, 2.45) is 5.16 Å². The van der Waals surface area contributed by atoms with Gasteiger partial charge in [0.1, 0.15) is 0 Å². The van der Waals surface area contributed by atoms with E-state index in [1.807, 2.05) is 0 Å². The Bertz CT molecular complexity index is 355. The van der Waals surface area contributed by atoms with Crippen LogP contribution < -0.4 is 5.32 Å². The Kier molecular flexibility index (Phi) is 3.23. The molecule has 0 fully saturated rings. The van der Waals surface area contributed by atoms with Gasteiger partial charge in [-0.25, -0.2) is 0 Å². The number of nitrogens with zero attached hydrogens (tertiary/aromatic N) is 1. The van der Waals surface area contributed by atoms with Gasteiger partial charge >= 0.3 is 0 Å². The second-order valence-electron chi connectivity index (χ2n) is 2.94. The molecule has 2 N–H and O–H groups in total. The fourth-order valence-corrected chi connectivity index (χ4v) is 1.06. The van der Waals surface area contributed by atoms with Crippen LogP contribution in [0.25, 0.3) is 0 Å². The zero-order valence-corrected chi connectivity index (χ0v) is 8.11. The van der Waals surface area contributed by atoms with E-state index in [-0.39, 0.29) is 5.91 Å². The van der Waals surface area contributed by atoms with E-state index in [0.717, 1.165) is 11.3 Å². The van der Waals surface area contributed by atoms with Gasteiger partial charge in [0.05, 0.1) is 5.71 Å². The number of anilines is 1. The SMILES string of the molecule is CC(=O)Nc1ccc(C(C)=NO)cc1. The highest BCUT2D eigenvalue weighted by Crippen LogP contribution is 2.10. The first kappa shape index (κ1) is 10.2. The van der Waals surface area contributed by atoms with Crippen LogP contribution in [0, 0.1) is 0 Å². The van der Waals surface area contributed by atoms with Crippen molar-refractivity contribution in [2.45, 2.75) is 13.8 Å². The van der Waals surface area contributed by atoms with Crippen molar-refractivity contribution in [3.8, 4) is 0 Å². The molecule has 0 atom stereocenters. The zero-order chi connectivity index (χ0) is 10.6. The largest absolute Gasteiger partial charge is 0.411 e. The minimum atomic E-state index is -0.106. The van der Waals surface area contributed by atoms with Gasteiger partial charge in [0.2, 0.25) is 5.91 Å². The van der Waals surface area contributed by atoms with Crippen LogP contribution in [0.5, 0.6) is 0 Å².